The summed E-state index contributed by atoms with van der Waals surface area (Å²) in [6.45, 7) is 2.37. The normalized spacial score (nSPS) is 13.9. The van der Waals surface area contributed by atoms with Crippen LogP contribution in [0.5, 0.6) is 0 Å². The second-order valence-electron chi connectivity index (χ2n) is 6.63. The summed E-state index contributed by atoms with van der Waals surface area (Å²) in [5, 5.41) is 2.84. The molecule has 5 nitrogen and oxygen atoms in total. The molecule has 0 saturated heterocycles. The third kappa shape index (κ3) is 4.30. The molecule has 2 aromatic rings. The minimum atomic E-state index is -3.80. The number of hydrogen-bond donors (Lipinski definition) is 1. The zero-order valence-corrected chi connectivity index (χ0v) is 16.1. The maximum Gasteiger partial charge on any atom is 0.264 e. The van der Waals surface area contributed by atoms with Crippen molar-refractivity contribution >= 4 is 27.3 Å². The number of benzene rings is 2. The van der Waals surface area contributed by atoms with Crippen LogP contribution in [-0.4, -0.2) is 20.9 Å². The van der Waals surface area contributed by atoms with Crippen molar-refractivity contribution in [1.82, 2.24) is 0 Å². The Kier molecular flexibility index (Phi) is 5.79. The van der Waals surface area contributed by atoms with Crippen LogP contribution in [0.3, 0.4) is 0 Å². The van der Waals surface area contributed by atoms with Gasteiger partial charge in [0.1, 0.15) is 5.82 Å². The number of fused-ring (bicyclic) bond motifs is 1. The van der Waals surface area contributed by atoms with Gasteiger partial charge in [-0.15, -0.1) is 0 Å². The summed E-state index contributed by atoms with van der Waals surface area (Å²) < 4.78 is 40.6. The van der Waals surface area contributed by atoms with E-state index in [9.17, 15) is 17.6 Å². The first-order valence-corrected chi connectivity index (χ1v) is 10.6. The first kappa shape index (κ1) is 19.4. The van der Waals surface area contributed by atoms with Crippen LogP contribution < -0.4 is 9.62 Å². The largest absolute Gasteiger partial charge is 0.326 e. The van der Waals surface area contributed by atoms with E-state index in [1.165, 1.54) is 16.4 Å². The van der Waals surface area contributed by atoms with Gasteiger partial charge in [0.15, 0.2) is 0 Å². The van der Waals surface area contributed by atoms with Gasteiger partial charge in [0.2, 0.25) is 5.91 Å². The molecule has 0 atom stereocenters. The van der Waals surface area contributed by atoms with Crippen molar-refractivity contribution in [2.45, 2.75) is 43.9 Å². The minimum Gasteiger partial charge on any atom is -0.326 e. The molecule has 7 heteroatoms. The van der Waals surface area contributed by atoms with Gasteiger partial charge in [-0.25, -0.2) is 12.8 Å². The Balaban J connectivity index is 1.91. The first-order valence-electron chi connectivity index (χ1n) is 9.13. The average Bonchev–Trinajstić information content (AvgIpc) is 2.66. The van der Waals surface area contributed by atoms with Crippen LogP contribution in [0.1, 0.15) is 38.2 Å². The number of hydrogen-bond acceptors (Lipinski definition) is 3. The maximum atomic E-state index is 13.2. The number of nitrogens with zero attached hydrogens (tertiary/aromatic N) is 1. The van der Waals surface area contributed by atoms with E-state index in [1.54, 1.807) is 12.1 Å². The van der Waals surface area contributed by atoms with Crippen LogP contribution in [0.15, 0.2) is 47.4 Å². The van der Waals surface area contributed by atoms with Crippen LogP contribution in [0.25, 0.3) is 0 Å². The number of aryl methyl sites for hydroxylation is 1. The summed E-state index contributed by atoms with van der Waals surface area (Å²) in [4.78, 5) is 12.0. The third-order valence-electron chi connectivity index (χ3n) is 4.60. The molecule has 1 amide bonds. The summed E-state index contributed by atoms with van der Waals surface area (Å²) in [5.41, 5.74) is 2.06. The summed E-state index contributed by atoms with van der Waals surface area (Å²) in [5.74, 6) is -0.564. The highest BCUT2D eigenvalue weighted by molar-refractivity contribution is 7.92. The lowest BCUT2D eigenvalue weighted by molar-refractivity contribution is -0.116. The molecule has 1 N–H and O–H groups in total. The molecule has 0 saturated carbocycles. The number of unbranched alkanes of at least 4 members (excludes halogenated alkanes) is 1. The van der Waals surface area contributed by atoms with Crippen molar-refractivity contribution in [3.63, 3.8) is 0 Å². The number of nitrogens with one attached hydrogen (secondary N) is 1. The van der Waals surface area contributed by atoms with E-state index < -0.39 is 15.8 Å². The molecule has 3 rings (SSSR count). The first-order chi connectivity index (χ1) is 12.9. The van der Waals surface area contributed by atoms with Gasteiger partial charge in [0.05, 0.1) is 10.6 Å². The number of sulfonamides is 1. The Morgan fingerprint density at radius 3 is 2.63 bits per heavy atom. The van der Waals surface area contributed by atoms with Crippen LogP contribution in [0.4, 0.5) is 15.8 Å². The predicted octanol–water partition coefficient (Wildman–Crippen LogP) is 4.10. The molecule has 0 fully saturated rings. The highest BCUT2D eigenvalue weighted by Gasteiger charge is 2.29. The third-order valence-corrected chi connectivity index (χ3v) is 6.43. The van der Waals surface area contributed by atoms with Crippen molar-refractivity contribution in [3.05, 3.63) is 53.8 Å². The van der Waals surface area contributed by atoms with Gasteiger partial charge in [-0.05, 0) is 61.2 Å². The Labute approximate surface area is 159 Å². The molecule has 1 aliphatic rings. The zero-order valence-electron chi connectivity index (χ0n) is 15.2. The smallest absolute Gasteiger partial charge is 0.264 e. The number of carbonyl (C=O) groups excluding carboxylic acids is 1. The summed E-state index contributed by atoms with van der Waals surface area (Å²) >= 11 is 0. The molecule has 1 aliphatic heterocycles. The molecular weight excluding hydrogens is 367 g/mol. The van der Waals surface area contributed by atoms with Crippen molar-refractivity contribution < 1.29 is 17.6 Å². The van der Waals surface area contributed by atoms with Gasteiger partial charge < -0.3 is 5.32 Å². The highest BCUT2D eigenvalue weighted by Crippen LogP contribution is 2.34. The number of rotatable bonds is 6. The number of anilines is 2. The van der Waals surface area contributed by atoms with E-state index in [2.05, 4.69) is 5.32 Å². The molecule has 144 valence electrons. The molecule has 0 unspecified atom stereocenters. The van der Waals surface area contributed by atoms with E-state index in [0.29, 0.717) is 30.8 Å². The van der Waals surface area contributed by atoms with Gasteiger partial charge in [-0.1, -0.05) is 19.4 Å². The molecule has 1 heterocycles. The van der Waals surface area contributed by atoms with Crippen LogP contribution in [-0.2, 0) is 21.2 Å². The van der Waals surface area contributed by atoms with E-state index in [0.717, 1.165) is 37.0 Å². The fourth-order valence-electron chi connectivity index (χ4n) is 3.16. The number of carbonyl (C=O) groups is 1. The van der Waals surface area contributed by atoms with Crippen LogP contribution >= 0.6 is 0 Å². The van der Waals surface area contributed by atoms with Crippen molar-refractivity contribution in [2.24, 2.45) is 0 Å². The number of amides is 1. The van der Waals surface area contributed by atoms with E-state index in [-0.39, 0.29) is 10.8 Å². The molecule has 2 aromatic carbocycles. The lowest BCUT2D eigenvalue weighted by atomic mass is 10.0. The van der Waals surface area contributed by atoms with Crippen molar-refractivity contribution in [3.8, 4) is 0 Å². The predicted molar refractivity (Wildman–Crippen MR) is 104 cm³/mol. The van der Waals surface area contributed by atoms with Gasteiger partial charge >= 0.3 is 0 Å². The van der Waals surface area contributed by atoms with Crippen LogP contribution in [0, 0.1) is 5.82 Å². The Bertz CT molecular complexity index is 927. The second-order valence-corrected chi connectivity index (χ2v) is 8.49. The minimum absolute atomic E-state index is 0.0501. The second kappa shape index (κ2) is 8.08. The molecule has 27 heavy (non-hydrogen) atoms. The molecular formula is C20H23FN2O3S. The number of halogens is 1. The van der Waals surface area contributed by atoms with E-state index in [1.807, 2.05) is 13.0 Å². The zero-order chi connectivity index (χ0) is 19.4. The maximum absolute atomic E-state index is 13.2. The standard InChI is InChI=1S/C20H23FN2O3S/c1-2-3-6-20(24)22-17-10-7-15-5-4-13-23(19(15)14-17)27(25,26)18-11-8-16(21)9-12-18/h7-12,14H,2-6,13H2,1H3,(H,22,24). The highest BCUT2D eigenvalue weighted by atomic mass is 32.2. The Morgan fingerprint density at radius 2 is 1.93 bits per heavy atom. The quantitative estimate of drug-likeness (QED) is 0.808. The molecule has 0 radical (unpaired) electrons. The monoisotopic (exact) mass is 390 g/mol. The topological polar surface area (TPSA) is 66.5 Å². The lowest BCUT2D eigenvalue weighted by Crippen LogP contribution is -2.35. The van der Waals surface area contributed by atoms with E-state index >= 15 is 0 Å². The molecule has 0 aliphatic carbocycles. The molecule has 0 spiro atoms. The summed E-state index contributed by atoms with van der Waals surface area (Å²) in [6, 6.07) is 10.2. The van der Waals surface area contributed by atoms with Crippen LogP contribution in [0.2, 0.25) is 0 Å². The summed E-state index contributed by atoms with van der Waals surface area (Å²) in [7, 11) is -3.80. The van der Waals surface area contributed by atoms with Crippen molar-refractivity contribution in [2.75, 3.05) is 16.2 Å². The Morgan fingerprint density at radius 1 is 1.19 bits per heavy atom. The summed E-state index contributed by atoms with van der Waals surface area (Å²) in [6.07, 6.45) is 3.65. The molecule has 0 bridgehead atoms. The van der Waals surface area contributed by atoms with Gasteiger partial charge in [0.25, 0.3) is 10.0 Å². The van der Waals surface area contributed by atoms with Gasteiger partial charge in [-0.3, -0.25) is 9.10 Å². The molecule has 0 aromatic heterocycles. The van der Waals surface area contributed by atoms with Crippen molar-refractivity contribution in [1.29, 1.82) is 0 Å². The van der Waals surface area contributed by atoms with Gasteiger partial charge in [0, 0.05) is 18.7 Å². The van der Waals surface area contributed by atoms with E-state index in [4.69, 9.17) is 0 Å². The average molecular weight is 390 g/mol. The lowest BCUT2D eigenvalue weighted by Gasteiger charge is -2.31. The Hall–Kier alpha value is -2.41. The fraction of sp³-hybridized carbons (Fsp3) is 0.350. The fourth-order valence-corrected chi connectivity index (χ4v) is 4.70. The SMILES string of the molecule is CCCCC(=O)Nc1ccc2c(c1)N(S(=O)(=O)c1ccc(F)cc1)CCC2. The van der Waals surface area contributed by atoms with Gasteiger partial charge in [-0.2, -0.15) is 0 Å².